The number of aromatic carboxylic acids is 1. The van der Waals surface area contributed by atoms with E-state index in [-0.39, 0.29) is 17.9 Å². The minimum atomic E-state index is -1.16. The molecular formula is C8H9N5O3. The highest BCUT2D eigenvalue weighted by atomic mass is 16.6. The van der Waals surface area contributed by atoms with Gasteiger partial charge < -0.3 is 10.8 Å². The van der Waals surface area contributed by atoms with Gasteiger partial charge in [-0.25, -0.2) is 9.42 Å². The molecule has 0 fully saturated rings. The van der Waals surface area contributed by atoms with E-state index >= 15 is 0 Å². The first-order valence-electron chi connectivity index (χ1n) is 4.42. The number of carbonyl (C=O) groups is 1. The molecule has 84 valence electrons. The molecule has 8 nitrogen and oxygen atoms in total. The molecule has 0 saturated heterocycles. The Bertz CT molecular complexity index is 530. The van der Waals surface area contributed by atoms with Crippen LogP contribution < -0.4 is 5.73 Å². The normalized spacial score (nSPS) is 10.6. The van der Waals surface area contributed by atoms with Crippen LogP contribution in [0.1, 0.15) is 21.9 Å². The summed E-state index contributed by atoms with van der Waals surface area (Å²) in [4.78, 5) is 10.7. The van der Waals surface area contributed by atoms with E-state index in [1.807, 2.05) is 0 Å². The van der Waals surface area contributed by atoms with Crippen molar-refractivity contribution in [3.8, 4) is 0 Å². The van der Waals surface area contributed by atoms with Crippen molar-refractivity contribution < 1.29 is 14.5 Å². The van der Waals surface area contributed by atoms with Gasteiger partial charge in [-0.15, -0.1) is 0 Å². The average Bonchev–Trinajstić information content (AvgIpc) is 2.75. The third-order valence-electron chi connectivity index (χ3n) is 2.05. The Morgan fingerprint density at radius 3 is 2.88 bits per heavy atom. The second-order valence-electron chi connectivity index (χ2n) is 3.23. The minimum absolute atomic E-state index is 0.113. The van der Waals surface area contributed by atoms with E-state index in [2.05, 4.69) is 20.0 Å². The largest absolute Gasteiger partial charge is 0.476 e. The Morgan fingerprint density at radius 1 is 1.62 bits per heavy atom. The maximum absolute atomic E-state index is 10.7. The van der Waals surface area contributed by atoms with Gasteiger partial charge in [0, 0.05) is 6.20 Å². The zero-order chi connectivity index (χ0) is 11.7. The van der Waals surface area contributed by atoms with Crippen LogP contribution >= 0.6 is 0 Å². The summed E-state index contributed by atoms with van der Waals surface area (Å²) in [5, 5.41) is 19.8. The predicted molar refractivity (Wildman–Crippen MR) is 51.7 cm³/mol. The summed E-state index contributed by atoms with van der Waals surface area (Å²) in [5.74, 6) is -1.16. The number of rotatable bonds is 3. The summed E-state index contributed by atoms with van der Waals surface area (Å²) in [5.41, 5.74) is 6.64. The van der Waals surface area contributed by atoms with E-state index in [0.29, 0.717) is 11.4 Å². The lowest BCUT2D eigenvalue weighted by molar-refractivity contribution is 0.0690. The number of carboxylic acid groups (broad SMARTS) is 1. The van der Waals surface area contributed by atoms with E-state index in [4.69, 9.17) is 10.8 Å². The predicted octanol–water partition coefficient (Wildman–Crippen LogP) is -0.0968. The van der Waals surface area contributed by atoms with E-state index in [9.17, 15) is 4.79 Å². The fourth-order valence-electron chi connectivity index (χ4n) is 1.23. The number of nitrogens with zero attached hydrogens (tertiary/aromatic N) is 4. The highest BCUT2D eigenvalue weighted by Crippen LogP contribution is 2.11. The van der Waals surface area contributed by atoms with Gasteiger partial charge in [-0.1, -0.05) is 10.3 Å². The van der Waals surface area contributed by atoms with Crippen LogP contribution in [0.5, 0.6) is 0 Å². The first-order valence-corrected chi connectivity index (χ1v) is 4.42. The van der Waals surface area contributed by atoms with Crippen LogP contribution in [-0.4, -0.2) is 31.2 Å². The van der Waals surface area contributed by atoms with Crippen molar-refractivity contribution in [1.82, 2.24) is 20.1 Å². The molecule has 0 aliphatic rings. The number of anilines is 1. The lowest BCUT2D eigenvalue weighted by Crippen LogP contribution is -2.05. The monoisotopic (exact) mass is 223 g/mol. The molecule has 0 aromatic carbocycles. The van der Waals surface area contributed by atoms with Crippen molar-refractivity contribution in [3.63, 3.8) is 0 Å². The summed E-state index contributed by atoms with van der Waals surface area (Å²) in [6.45, 7) is 2.00. The molecule has 2 rings (SSSR count). The second kappa shape index (κ2) is 3.65. The van der Waals surface area contributed by atoms with E-state index in [1.54, 1.807) is 6.92 Å². The molecule has 0 atom stereocenters. The van der Waals surface area contributed by atoms with Crippen molar-refractivity contribution in [2.75, 3.05) is 5.73 Å². The third-order valence-corrected chi connectivity index (χ3v) is 2.05. The number of hydrogen-bond donors (Lipinski definition) is 2. The van der Waals surface area contributed by atoms with Gasteiger partial charge in [0.25, 0.3) is 0 Å². The SMILES string of the molecule is Cc1nonc1Cn1cc(N)c(C(=O)O)n1. The fraction of sp³-hybridized carbons (Fsp3) is 0.250. The zero-order valence-electron chi connectivity index (χ0n) is 8.41. The van der Waals surface area contributed by atoms with Gasteiger partial charge in [0.15, 0.2) is 5.69 Å². The molecule has 16 heavy (non-hydrogen) atoms. The highest BCUT2D eigenvalue weighted by molar-refractivity contribution is 5.91. The standard InChI is InChI=1S/C8H9N5O3/c1-4-6(12-16-11-4)3-13-2-5(9)7(10-13)8(14)15/h2H,3,9H2,1H3,(H,14,15). The van der Waals surface area contributed by atoms with Gasteiger partial charge >= 0.3 is 5.97 Å². The first kappa shape index (κ1) is 10.1. The molecular weight excluding hydrogens is 214 g/mol. The number of nitrogens with two attached hydrogens (primary N) is 1. The maximum atomic E-state index is 10.7. The molecule has 2 heterocycles. The van der Waals surface area contributed by atoms with E-state index in [1.165, 1.54) is 10.9 Å². The summed E-state index contributed by atoms with van der Waals surface area (Å²) >= 11 is 0. The van der Waals surface area contributed by atoms with Gasteiger partial charge in [-0.2, -0.15) is 5.10 Å². The third kappa shape index (κ3) is 1.72. The number of hydrogen-bond acceptors (Lipinski definition) is 6. The molecule has 3 N–H and O–H groups in total. The van der Waals surface area contributed by atoms with Crippen LogP contribution in [0.4, 0.5) is 5.69 Å². The van der Waals surface area contributed by atoms with E-state index in [0.717, 1.165) is 0 Å². The Morgan fingerprint density at radius 2 is 2.38 bits per heavy atom. The molecule has 0 saturated carbocycles. The quantitative estimate of drug-likeness (QED) is 0.745. The molecule has 0 spiro atoms. The Balaban J connectivity index is 2.26. The summed E-state index contributed by atoms with van der Waals surface area (Å²) in [7, 11) is 0. The molecule has 2 aromatic rings. The molecule has 0 unspecified atom stereocenters. The van der Waals surface area contributed by atoms with Crippen LogP contribution in [0.25, 0.3) is 0 Å². The Labute approximate surface area is 89.6 Å². The lowest BCUT2D eigenvalue weighted by atomic mass is 10.3. The Hall–Kier alpha value is -2.38. The van der Waals surface area contributed by atoms with Gasteiger partial charge in [0.1, 0.15) is 11.4 Å². The summed E-state index contributed by atoms with van der Waals surface area (Å²) < 4.78 is 5.89. The molecule has 2 aromatic heterocycles. The number of carboxylic acids is 1. The number of aromatic nitrogens is 4. The molecule has 0 amide bonds. The maximum Gasteiger partial charge on any atom is 0.358 e. The molecule has 0 bridgehead atoms. The average molecular weight is 223 g/mol. The number of aryl methyl sites for hydroxylation is 1. The first-order chi connectivity index (χ1) is 7.58. The van der Waals surface area contributed by atoms with Crippen molar-refractivity contribution >= 4 is 11.7 Å². The topological polar surface area (TPSA) is 120 Å². The van der Waals surface area contributed by atoms with Gasteiger partial charge in [0.05, 0.1) is 12.2 Å². The summed E-state index contributed by atoms with van der Waals surface area (Å²) in [6, 6.07) is 0. The fourth-order valence-corrected chi connectivity index (χ4v) is 1.23. The highest BCUT2D eigenvalue weighted by Gasteiger charge is 2.14. The van der Waals surface area contributed by atoms with Crippen molar-refractivity contribution in [1.29, 1.82) is 0 Å². The van der Waals surface area contributed by atoms with E-state index < -0.39 is 5.97 Å². The smallest absolute Gasteiger partial charge is 0.358 e. The van der Waals surface area contributed by atoms with Gasteiger partial charge in [-0.05, 0) is 6.92 Å². The van der Waals surface area contributed by atoms with Gasteiger partial charge in [-0.3, -0.25) is 4.68 Å². The molecule has 8 heteroatoms. The van der Waals surface area contributed by atoms with Crippen LogP contribution in [0.2, 0.25) is 0 Å². The van der Waals surface area contributed by atoms with Gasteiger partial charge in [0.2, 0.25) is 0 Å². The molecule has 0 aliphatic carbocycles. The zero-order valence-corrected chi connectivity index (χ0v) is 8.41. The van der Waals surface area contributed by atoms with Crippen molar-refractivity contribution in [3.05, 3.63) is 23.3 Å². The van der Waals surface area contributed by atoms with Crippen LogP contribution in [-0.2, 0) is 6.54 Å². The second-order valence-corrected chi connectivity index (χ2v) is 3.23. The summed E-state index contributed by atoms with van der Waals surface area (Å²) in [6.07, 6.45) is 1.43. The van der Waals surface area contributed by atoms with Crippen molar-refractivity contribution in [2.45, 2.75) is 13.5 Å². The molecule has 0 aliphatic heterocycles. The van der Waals surface area contributed by atoms with Crippen molar-refractivity contribution in [2.24, 2.45) is 0 Å². The number of nitrogen functional groups attached to an aromatic ring is 1. The van der Waals surface area contributed by atoms with Crippen LogP contribution in [0.15, 0.2) is 10.8 Å². The lowest BCUT2D eigenvalue weighted by Gasteiger charge is -1.95. The van der Waals surface area contributed by atoms with Crippen LogP contribution in [0, 0.1) is 6.92 Å². The molecule has 0 radical (unpaired) electrons. The Kier molecular flexibility index (Phi) is 2.31. The van der Waals surface area contributed by atoms with Crippen LogP contribution in [0.3, 0.4) is 0 Å². The minimum Gasteiger partial charge on any atom is -0.476 e.